The molecule has 1 rings (SSSR count). The van der Waals surface area contributed by atoms with Gasteiger partial charge in [0.05, 0.1) is 6.10 Å². The molecule has 1 aromatic rings. The normalized spacial score (nSPS) is 16.0. The second-order valence-electron chi connectivity index (χ2n) is 5.98. The minimum Gasteiger partial charge on any atom is -0.377 e. The van der Waals surface area contributed by atoms with Crippen LogP contribution in [0.1, 0.15) is 18.1 Å². The van der Waals surface area contributed by atoms with Gasteiger partial charge in [0.2, 0.25) is 0 Å². The van der Waals surface area contributed by atoms with E-state index < -0.39 is 53.9 Å². The van der Waals surface area contributed by atoms with E-state index in [9.17, 15) is 57.1 Å². The van der Waals surface area contributed by atoms with Crippen LogP contribution in [0.25, 0.3) is 0 Å². The van der Waals surface area contributed by atoms with Crippen molar-refractivity contribution in [1.82, 2.24) is 0 Å². The van der Waals surface area contributed by atoms with Crippen LogP contribution < -0.4 is 0 Å². The van der Waals surface area contributed by atoms with E-state index in [4.69, 9.17) is 11.6 Å². The smallest absolute Gasteiger partial charge is 0.377 e. The van der Waals surface area contributed by atoms with Crippen LogP contribution in [0.2, 0.25) is 5.02 Å². The number of alkyl halides is 13. The number of halogens is 14. The molecular weight excluding hydrogens is 479 g/mol. The molecule has 174 valence electrons. The SMILES string of the molecule is COC(CC(F)(F)C(F)(F)C(F)(F)C(F)(F)C(F)(F)C(F)(F)F)c1cccc(Cl)c1. The van der Waals surface area contributed by atoms with Gasteiger partial charge in [-0.25, -0.2) is 0 Å². The molecule has 0 N–H and O–H groups in total. The average molecular weight is 489 g/mol. The summed E-state index contributed by atoms with van der Waals surface area (Å²) in [7, 11) is 0.629. The fraction of sp³-hybridized carbons (Fsp3) is 0.600. The minimum absolute atomic E-state index is 0.161. The summed E-state index contributed by atoms with van der Waals surface area (Å²) in [6, 6.07) is 4.07. The van der Waals surface area contributed by atoms with Crippen molar-refractivity contribution in [3.8, 4) is 0 Å². The third-order valence-electron chi connectivity index (χ3n) is 3.95. The Morgan fingerprint density at radius 1 is 0.767 bits per heavy atom. The summed E-state index contributed by atoms with van der Waals surface area (Å²) in [4.78, 5) is 0. The fourth-order valence-electron chi connectivity index (χ4n) is 2.21. The topological polar surface area (TPSA) is 9.23 Å². The summed E-state index contributed by atoms with van der Waals surface area (Å²) in [5, 5.41) is -0.161. The average Bonchev–Trinajstić information content (AvgIpc) is 2.57. The van der Waals surface area contributed by atoms with Gasteiger partial charge in [-0.3, -0.25) is 0 Å². The number of ether oxygens (including phenoxy) is 1. The van der Waals surface area contributed by atoms with Gasteiger partial charge < -0.3 is 4.74 Å². The number of benzene rings is 1. The maximum Gasteiger partial charge on any atom is 0.460 e. The van der Waals surface area contributed by atoms with Crippen LogP contribution in [0.3, 0.4) is 0 Å². The number of hydrogen-bond acceptors (Lipinski definition) is 1. The molecule has 0 aliphatic heterocycles. The molecule has 0 bridgehead atoms. The van der Waals surface area contributed by atoms with Crippen LogP contribution >= 0.6 is 11.6 Å². The van der Waals surface area contributed by atoms with E-state index in [0.29, 0.717) is 7.11 Å². The first-order valence-electron chi connectivity index (χ1n) is 7.41. The van der Waals surface area contributed by atoms with Crippen molar-refractivity contribution < 1.29 is 61.8 Å². The highest BCUT2D eigenvalue weighted by Gasteiger charge is 2.90. The molecule has 1 atom stereocenters. The van der Waals surface area contributed by atoms with Gasteiger partial charge in [-0.1, -0.05) is 23.7 Å². The van der Waals surface area contributed by atoms with Crippen molar-refractivity contribution in [2.45, 2.75) is 48.3 Å². The van der Waals surface area contributed by atoms with Crippen molar-refractivity contribution in [3.63, 3.8) is 0 Å². The molecule has 0 aromatic heterocycles. The summed E-state index contributed by atoms with van der Waals surface area (Å²) >= 11 is 5.53. The van der Waals surface area contributed by atoms with E-state index in [1.54, 1.807) is 0 Å². The van der Waals surface area contributed by atoms with E-state index in [1.807, 2.05) is 0 Å². The third-order valence-corrected chi connectivity index (χ3v) is 4.18. The molecule has 30 heavy (non-hydrogen) atoms. The summed E-state index contributed by atoms with van der Waals surface area (Å²) in [5.74, 6) is -37.1. The lowest BCUT2D eigenvalue weighted by Gasteiger charge is -2.40. The Hall–Kier alpha value is -1.44. The number of methoxy groups -OCH3 is 1. The van der Waals surface area contributed by atoms with Crippen LogP contribution in [0, 0.1) is 0 Å². The first kappa shape index (κ1) is 26.6. The van der Waals surface area contributed by atoms with E-state index in [-0.39, 0.29) is 5.02 Å². The lowest BCUT2D eigenvalue weighted by molar-refractivity contribution is -0.440. The molecule has 0 saturated heterocycles. The zero-order chi connectivity index (χ0) is 24.0. The molecule has 1 nitrogen and oxygen atoms in total. The molecule has 0 aliphatic carbocycles. The van der Waals surface area contributed by atoms with Crippen molar-refractivity contribution >= 4 is 11.6 Å². The van der Waals surface area contributed by atoms with Gasteiger partial charge in [-0.2, -0.15) is 57.1 Å². The molecule has 0 saturated carbocycles. The summed E-state index contributed by atoms with van der Waals surface area (Å²) in [6.07, 6.45) is -12.1. The molecule has 1 aromatic carbocycles. The van der Waals surface area contributed by atoms with Crippen LogP contribution in [-0.2, 0) is 4.74 Å². The maximum absolute atomic E-state index is 13.9. The van der Waals surface area contributed by atoms with Gasteiger partial charge in [-0.15, -0.1) is 0 Å². The Morgan fingerprint density at radius 3 is 1.63 bits per heavy atom. The minimum atomic E-state index is -7.93. The summed E-state index contributed by atoms with van der Waals surface area (Å²) in [5.41, 5.74) is -0.420. The molecule has 0 amide bonds. The summed E-state index contributed by atoms with van der Waals surface area (Å²) in [6.45, 7) is 0. The standard InChI is InChI=1S/C15H10ClF13O/c1-30-9(7-3-2-4-8(16)5-7)6-10(17,18)11(19,20)12(21,22)13(23,24)14(25,26)15(27,28)29/h2-5,9H,6H2,1H3. The monoisotopic (exact) mass is 488 g/mol. The van der Waals surface area contributed by atoms with E-state index in [0.717, 1.165) is 18.2 Å². The molecule has 0 radical (unpaired) electrons. The van der Waals surface area contributed by atoms with Crippen LogP contribution in [0.5, 0.6) is 0 Å². The Morgan fingerprint density at radius 2 is 1.23 bits per heavy atom. The lowest BCUT2D eigenvalue weighted by atomic mass is 9.90. The van der Waals surface area contributed by atoms with Crippen LogP contribution in [-0.4, -0.2) is 42.9 Å². The van der Waals surface area contributed by atoms with Gasteiger partial charge in [-0.05, 0) is 17.7 Å². The Balaban J connectivity index is 3.41. The zero-order valence-electron chi connectivity index (χ0n) is 14.3. The second kappa shape index (κ2) is 7.92. The van der Waals surface area contributed by atoms with Crippen molar-refractivity contribution in [1.29, 1.82) is 0 Å². The van der Waals surface area contributed by atoms with Gasteiger partial charge in [0.25, 0.3) is 0 Å². The Labute approximate surface area is 164 Å². The highest BCUT2D eigenvalue weighted by atomic mass is 35.5. The first-order valence-corrected chi connectivity index (χ1v) is 7.79. The predicted molar refractivity (Wildman–Crippen MR) is 76.6 cm³/mol. The molecule has 0 fully saturated rings. The number of rotatable bonds is 8. The first-order chi connectivity index (χ1) is 13.2. The fourth-order valence-corrected chi connectivity index (χ4v) is 2.41. The zero-order valence-corrected chi connectivity index (χ0v) is 15.0. The highest BCUT2D eigenvalue weighted by Crippen LogP contribution is 2.61. The second-order valence-corrected chi connectivity index (χ2v) is 6.42. The van der Waals surface area contributed by atoms with Gasteiger partial charge in [0, 0.05) is 18.6 Å². The van der Waals surface area contributed by atoms with Crippen molar-refractivity contribution in [3.05, 3.63) is 34.9 Å². The highest BCUT2D eigenvalue weighted by molar-refractivity contribution is 6.30. The van der Waals surface area contributed by atoms with Crippen LogP contribution in [0.4, 0.5) is 57.1 Å². The quantitative estimate of drug-likeness (QED) is 0.353. The third kappa shape index (κ3) is 4.16. The van der Waals surface area contributed by atoms with Gasteiger partial charge in [0.15, 0.2) is 0 Å². The van der Waals surface area contributed by atoms with Crippen molar-refractivity contribution in [2.24, 2.45) is 0 Å². The van der Waals surface area contributed by atoms with Gasteiger partial charge in [0.1, 0.15) is 0 Å². The predicted octanol–water partition coefficient (Wildman–Crippen LogP) is 7.16. The lowest BCUT2D eigenvalue weighted by Crippen LogP contribution is -2.70. The summed E-state index contributed by atoms with van der Waals surface area (Å²) < 4.78 is 175. The molecule has 0 spiro atoms. The Bertz CT molecular complexity index is 744. The van der Waals surface area contributed by atoms with E-state index in [2.05, 4.69) is 4.74 Å². The number of hydrogen-bond donors (Lipinski definition) is 0. The maximum atomic E-state index is 13.9. The largest absolute Gasteiger partial charge is 0.460 e. The van der Waals surface area contributed by atoms with E-state index >= 15 is 0 Å². The Kier molecular flexibility index (Phi) is 7.02. The van der Waals surface area contributed by atoms with Crippen molar-refractivity contribution in [2.75, 3.05) is 7.11 Å². The molecule has 15 heteroatoms. The van der Waals surface area contributed by atoms with Crippen LogP contribution in [0.15, 0.2) is 24.3 Å². The molecule has 0 heterocycles. The molecule has 0 aliphatic rings. The van der Waals surface area contributed by atoms with E-state index in [1.165, 1.54) is 6.07 Å². The molecule has 1 unspecified atom stereocenters. The molecular formula is C15H10ClF13O. The van der Waals surface area contributed by atoms with Gasteiger partial charge >= 0.3 is 35.8 Å².